The molecule has 4 rings (SSSR count). The van der Waals surface area contributed by atoms with Gasteiger partial charge in [0.25, 0.3) is 10.0 Å². The van der Waals surface area contributed by atoms with Crippen LogP contribution in [0.1, 0.15) is 31.9 Å². The quantitative estimate of drug-likeness (QED) is 0.172. The van der Waals surface area contributed by atoms with Gasteiger partial charge >= 0.3 is 0 Å². The molecule has 0 aliphatic carbocycles. The number of sulfonamides is 1. The van der Waals surface area contributed by atoms with Crippen LogP contribution in [0.5, 0.6) is 5.75 Å². The number of hydrogen-bond acceptors (Lipinski definition) is 5. The molecule has 0 aliphatic rings. The molecule has 1 unspecified atom stereocenters. The molecular weight excluding hydrogens is 629 g/mol. The Bertz CT molecular complexity index is 1700. The van der Waals surface area contributed by atoms with Gasteiger partial charge in [0.1, 0.15) is 24.2 Å². The molecule has 0 aromatic heterocycles. The van der Waals surface area contributed by atoms with Crippen molar-refractivity contribution in [2.45, 2.75) is 50.7 Å². The van der Waals surface area contributed by atoms with Crippen molar-refractivity contribution in [2.75, 3.05) is 17.5 Å². The fraction of sp³-hybridized carbons (Fsp3) is 0.257. The number of amides is 2. The van der Waals surface area contributed by atoms with E-state index in [2.05, 4.69) is 5.32 Å². The first kappa shape index (κ1) is 34.5. The second kappa shape index (κ2) is 15.7. The summed E-state index contributed by atoms with van der Waals surface area (Å²) in [6.45, 7) is 5.26. The van der Waals surface area contributed by atoms with Gasteiger partial charge in [0.2, 0.25) is 11.8 Å². The van der Waals surface area contributed by atoms with Crippen molar-refractivity contribution in [1.29, 1.82) is 0 Å². The third-order valence-electron chi connectivity index (χ3n) is 7.08. The molecule has 4 aromatic rings. The molecule has 4 aromatic carbocycles. The van der Waals surface area contributed by atoms with E-state index in [0.29, 0.717) is 22.9 Å². The average Bonchev–Trinajstić information content (AvgIpc) is 3.03. The number of carbonyl (C=O) groups is 2. The van der Waals surface area contributed by atoms with E-state index in [1.165, 1.54) is 17.0 Å². The lowest BCUT2D eigenvalue weighted by Crippen LogP contribution is -2.54. The summed E-state index contributed by atoms with van der Waals surface area (Å²) in [6.07, 6.45) is 0.187. The summed E-state index contributed by atoms with van der Waals surface area (Å²) in [5.74, 6) is -1.07. The number of anilines is 1. The molecule has 242 valence electrons. The zero-order valence-electron chi connectivity index (χ0n) is 25.9. The van der Waals surface area contributed by atoms with Crippen molar-refractivity contribution in [1.82, 2.24) is 10.2 Å². The summed E-state index contributed by atoms with van der Waals surface area (Å²) >= 11 is 6.12. The molecule has 2 amide bonds. The van der Waals surface area contributed by atoms with Gasteiger partial charge in [0.15, 0.2) is 0 Å². The summed E-state index contributed by atoms with van der Waals surface area (Å²) in [5, 5.41) is 3.43. The van der Waals surface area contributed by atoms with Gasteiger partial charge in [-0.05, 0) is 92.6 Å². The summed E-state index contributed by atoms with van der Waals surface area (Å²) in [6, 6.07) is 25.7. The maximum Gasteiger partial charge on any atom is 0.264 e. The molecule has 1 N–H and O–H groups in total. The fourth-order valence-corrected chi connectivity index (χ4v) is 6.40. The molecule has 8 nitrogen and oxygen atoms in total. The molecule has 0 spiro atoms. The van der Waals surface area contributed by atoms with E-state index in [-0.39, 0.29) is 35.5 Å². The minimum absolute atomic E-state index is 0.00668. The van der Waals surface area contributed by atoms with Gasteiger partial charge in [-0.25, -0.2) is 12.8 Å². The molecule has 0 fully saturated rings. The zero-order valence-corrected chi connectivity index (χ0v) is 27.5. The lowest BCUT2D eigenvalue weighted by atomic mass is 10.0. The van der Waals surface area contributed by atoms with Crippen molar-refractivity contribution in [3.05, 3.63) is 125 Å². The number of halogens is 2. The normalized spacial score (nSPS) is 12.0. The van der Waals surface area contributed by atoms with Crippen molar-refractivity contribution in [2.24, 2.45) is 0 Å². The minimum atomic E-state index is -4.37. The number of ether oxygens (including phenoxy) is 1. The van der Waals surface area contributed by atoms with Gasteiger partial charge in [0.05, 0.1) is 17.2 Å². The van der Waals surface area contributed by atoms with Crippen molar-refractivity contribution >= 4 is 39.1 Å². The van der Waals surface area contributed by atoms with Crippen LogP contribution in [-0.2, 0) is 32.6 Å². The highest BCUT2D eigenvalue weighted by atomic mass is 35.5. The topological polar surface area (TPSA) is 96.0 Å². The Balaban J connectivity index is 1.80. The van der Waals surface area contributed by atoms with E-state index < -0.39 is 34.3 Å². The summed E-state index contributed by atoms with van der Waals surface area (Å²) in [4.78, 5) is 29.4. The summed E-state index contributed by atoms with van der Waals surface area (Å²) in [7, 11) is -4.37. The Labute approximate surface area is 274 Å². The van der Waals surface area contributed by atoms with Gasteiger partial charge in [-0.3, -0.25) is 13.9 Å². The molecule has 46 heavy (non-hydrogen) atoms. The predicted octanol–water partition coefficient (Wildman–Crippen LogP) is 6.24. The van der Waals surface area contributed by atoms with Crippen LogP contribution in [-0.4, -0.2) is 50.4 Å². The van der Waals surface area contributed by atoms with E-state index in [9.17, 15) is 22.4 Å². The minimum Gasteiger partial charge on any atom is -0.494 e. The highest BCUT2D eigenvalue weighted by Crippen LogP contribution is 2.27. The van der Waals surface area contributed by atoms with E-state index in [1.807, 2.05) is 51.1 Å². The highest BCUT2D eigenvalue weighted by Gasteiger charge is 2.35. The molecular formula is C35H37ClFN3O5S. The van der Waals surface area contributed by atoms with Crippen LogP contribution in [0, 0.1) is 5.82 Å². The third-order valence-corrected chi connectivity index (χ3v) is 9.12. The molecule has 0 radical (unpaired) electrons. The lowest BCUT2D eigenvalue weighted by Gasteiger charge is -2.34. The van der Waals surface area contributed by atoms with E-state index in [4.69, 9.17) is 16.3 Å². The number of carbonyl (C=O) groups excluding carboxylic acids is 2. The Morgan fingerprint density at radius 3 is 2.09 bits per heavy atom. The van der Waals surface area contributed by atoms with Gasteiger partial charge < -0.3 is 15.0 Å². The Morgan fingerprint density at radius 1 is 0.870 bits per heavy atom. The second-order valence-corrected chi connectivity index (χ2v) is 13.2. The number of hydrogen-bond donors (Lipinski definition) is 1. The first-order chi connectivity index (χ1) is 22.0. The van der Waals surface area contributed by atoms with E-state index >= 15 is 0 Å². The number of nitrogens with one attached hydrogen (secondary N) is 1. The number of nitrogens with zero attached hydrogens (tertiary/aromatic N) is 2. The number of benzene rings is 4. The van der Waals surface area contributed by atoms with Crippen LogP contribution in [0.15, 0.2) is 108 Å². The Hall–Kier alpha value is -4.41. The van der Waals surface area contributed by atoms with Crippen LogP contribution in [0.25, 0.3) is 0 Å². The SMILES string of the molecule is CCOc1ccc(N(CC(=O)N(Cc2ccc(Cl)cc2)C(Cc2ccccc2)C(=O)NC(C)C)S(=O)(=O)c2ccc(F)cc2)cc1. The van der Waals surface area contributed by atoms with Crippen LogP contribution in [0.3, 0.4) is 0 Å². The average molecular weight is 666 g/mol. The van der Waals surface area contributed by atoms with E-state index in [0.717, 1.165) is 34.1 Å². The van der Waals surface area contributed by atoms with Gasteiger partial charge in [0, 0.05) is 24.0 Å². The van der Waals surface area contributed by atoms with Crippen molar-refractivity contribution < 1.29 is 27.1 Å². The predicted molar refractivity (Wildman–Crippen MR) is 178 cm³/mol. The van der Waals surface area contributed by atoms with Crippen LogP contribution < -0.4 is 14.4 Å². The smallest absolute Gasteiger partial charge is 0.264 e. The summed E-state index contributed by atoms with van der Waals surface area (Å²) in [5.41, 5.74) is 1.71. The van der Waals surface area contributed by atoms with Crippen molar-refractivity contribution in [3.8, 4) is 5.75 Å². The first-order valence-corrected chi connectivity index (χ1v) is 16.7. The fourth-order valence-electron chi connectivity index (χ4n) is 4.86. The maximum absolute atomic E-state index is 14.5. The third kappa shape index (κ3) is 9.08. The molecule has 0 bridgehead atoms. The van der Waals surface area contributed by atoms with Crippen LogP contribution in [0.4, 0.5) is 10.1 Å². The zero-order chi connectivity index (χ0) is 33.3. The second-order valence-electron chi connectivity index (χ2n) is 10.9. The summed E-state index contributed by atoms with van der Waals surface area (Å²) < 4.78 is 48.4. The molecule has 11 heteroatoms. The number of rotatable bonds is 14. The van der Waals surface area contributed by atoms with Crippen molar-refractivity contribution in [3.63, 3.8) is 0 Å². The first-order valence-electron chi connectivity index (χ1n) is 14.9. The maximum atomic E-state index is 14.5. The van der Waals surface area contributed by atoms with E-state index in [1.54, 1.807) is 36.4 Å². The largest absolute Gasteiger partial charge is 0.494 e. The Kier molecular flexibility index (Phi) is 11.8. The van der Waals surface area contributed by atoms with Gasteiger partial charge in [-0.15, -0.1) is 0 Å². The standard InChI is InChI=1S/C35H37ClFN3O5S/c1-4-45-31-18-16-30(17-19-31)40(46(43,44)32-20-14-29(37)15-21-32)24-34(41)39(23-27-10-12-28(36)13-11-27)33(35(42)38-25(2)3)22-26-8-6-5-7-9-26/h5-21,25,33H,4,22-24H2,1-3H3,(H,38,42). The van der Waals surface area contributed by atoms with Crippen LogP contribution in [0.2, 0.25) is 5.02 Å². The molecule has 0 aliphatic heterocycles. The van der Waals surface area contributed by atoms with Gasteiger partial charge in [-0.1, -0.05) is 54.1 Å². The van der Waals surface area contributed by atoms with Gasteiger partial charge in [-0.2, -0.15) is 0 Å². The Morgan fingerprint density at radius 2 is 1.50 bits per heavy atom. The lowest BCUT2D eigenvalue weighted by molar-refractivity contribution is -0.140. The van der Waals surface area contributed by atoms with Crippen LogP contribution >= 0.6 is 11.6 Å². The molecule has 0 heterocycles. The molecule has 0 saturated heterocycles. The molecule has 0 saturated carbocycles. The highest BCUT2D eigenvalue weighted by molar-refractivity contribution is 7.92. The molecule has 1 atom stereocenters. The monoisotopic (exact) mass is 665 g/mol.